The smallest absolute Gasteiger partial charge is 0.308 e. The van der Waals surface area contributed by atoms with Gasteiger partial charge in [-0.25, -0.2) is 4.79 Å². The monoisotopic (exact) mass is 340 g/mol. The number of anilines is 2. The quantitative estimate of drug-likeness (QED) is 0.657. The van der Waals surface area contributed by atoms with E-state index in [0.717, 1.165) is 26.6 Å². The number of hydrogen-bond acceptors (Lipinski definition) is 1. The summed E-state index contributed by atoms with van der Waals surface area (Å²) in [6.07, 6.45) is 0. The van der Waals surface area contributed by atoms with Crippen LogP contribution in [-0.4, -0.2) is 6.03 Å². The first-order chi connectivity index (χ1) is 10.2. The molecule has 0 bridgehead atoms. The van der Waals surface area contributed by atoms with Gasteiger partial charge in [0, 0.05) is 15.8 Å². The van der Waals surface area contributed by atoms with Crippen LogP contribution in [0.3, 0.4) is 0 Å². The Kier molecular flexibility index (Phi) is 3.88. The van der Waals surface area contributed by atoms with Crippen molar-refractivity contribution in [1.82, 2.24) is 0 Å². The van der Waals surface area contributed by atoms with Crippen LogP contribution in [0.2, 0.25) is 0 Å². The van der Waals surface area contributed by atoms with E-state index in [1.165, 1.54) is 0 Å². The Morgan fingerprint density at radius 2 is 1.57 bits per heavy atom. The van der Waals surface area contributed by atoms with Crippen molar-refractivity contribution in [2.75, 3.05) is 10.6 Å². The van der Waals surface area contributed by atoms with Crippen molar-refractivity contribution in [3.8, 4) is 0 Å². The predicted octanol–water partition coefficient (Wildman–Crippen LogP) is 5.25. The topological polar surface area (TPSA) is 41.1 Å². The third-order valence-electron chi connectivity index (χ3n) is 3.12. The summed E-state index contributed by atoms with van der Waals surface area (Å²) < 4.78 is 1.04. The average molecular weight is 341 g/mol. The van der Waals surface area contributed by atoms with E-state index in [9.17, 15) is 4.79 Å². The fourth-order valence-corrected chi connectivity index (χ4v) is 2.65. The summed E-state index contributed by atoms with van der Waals surface area (Å²) >= 11 is 3.52. The van der Waals surface area contributed by atoms with Gasteiger partial charge in [0.15, 0.2) is 0 Å². The van der Waals surface area contributed by atoms with E-state index in [1.54, 1.807) is 0 Å². The lowest BCUT2D eigenvalue weighted by atomic mass is 10.1. The molecule has 3 rings (SSSR count). The standard InChI is InChI=1S/C17H13BrN2O/c18-16-8-4-5-12-11-14(9-10-15(12)16)20-17(21)19-13-6-2-1-3-7-13/h1-11H,(H2,19,20,21). The zero-order valence-electron chi connectivity index (χ0n) is 11.1. The summed E-state index contributed by atoms with van der Waals surface area (Å²) in [5.74, 6) is 0. The Morgan fingerprint density at radius 3 is 2.38 bits per heavy atom. The van der Waals surface area contributed by atoms with Crippen molar-refractivity contribution in [3.05, 3.63) is 71.2 Å². The van der Waals surface area contributed by atoms with Gasteiger partial charge in [-0.3, -0.25) is 0 Å². The number of urea groups is 1. The van der Waals surface area contributed by atoms with Crippen LogP contribution in [0.1, 0.15) is 0 Å². The number of para-hydroxylation sites is 1. The highest BCUT2D eigenvalue weighted by atomic mass is 79.9. The number of amides is 2. The van der Waals surface area contributed by atoms with E-state index < -0.39 is 0 Å². The maximum absolute atomic E-state index is 12.0. The molecule has 3 nitrogen and oxygen atoms in total. The summed E-state index contributed by atoms with van der Waals surface area (Å²) in [5.41, 5.74) is 1.52. The van der Waals surface area contributed by atoms with E-state index in [-0.39, 0.29) is 6.03 Å². The molecule has 0 unspecified atom stereocenters. The molecule has 0 aromatic heterocycles. The molecule has 0 aliphatic heterocycles. The lowest BCUT2D eigenvalue weighted by Crippen LogP contribution is -2.19. The van der Waals surface area contributed by atoms with Gasteiger partial charge in [-0.15, -0.1) is 0 Å². The molecule has 0 aliphatic carbocycles. The minimum absolute atomic E-state index is 0.254. The fraction of sp³-hybridized carbons (Fsp3) is 0. The van der Waals surface area contributed by atoms with Crippen molar-refractivity contribution in [2.24, 2.45) is 0 Å². The van der Waals surface area contributed by atoms with E-state index >= 15 is 0 Å². The number of hydrogen-bond donors (Lipinski definition) is 2. The minimum Gasteiger partial charge on any atom is -0.308 e. The third kappa shape index (κ3) is 3.23. The first-order valence-electron chi connectivity index (χ1n) is 6.54. The fourth-order valence-electron chi connectivity index (χ4n) is 2.14. The molecule has 0 heterocycles. The van der Waals surface area contributed by atoms with E-state index in [4.69, 9.17) is 0 Å². The van der Waals surface area contributed by atoms with Crippen LogP contribution in [0, 0.1) is 0 Å². The molecular formula is C17H13BrN2O. The van der Waals surface area contributed by atoms with Gasteiger partial charge < -0.3 is 10.6 Å². The molecule has 2 N–H and O–H groups in total. The second-order valence-electron chi connectivity index (χ2n) is 4.62. The second-order valence-corrected chi connectivity index (χ2v) is 5.48. The highest BCUT2D eigenvalue weighted by Gasteiger charge is 2.04. The number of carbonyl (C=O) groups is 1. The van der Waals surface area contributed by atoms with Crippen molar-refractivity contribution in [3.63, 3.8) is 0 Å². The lowest BCUT2D eigenvalue weighted by Gasteiger charge is -2.09. The summed E-state index contributed by atoms with van der Waals surface area (Å²) in [7, 11) is 0. The second kappa shape index (κ2) is 5.97. The van der Waals surface area contributed by atoms with Crippen LogP contribution >= 0.6 is 15.9 Å². The van der Waals surface area contributed by atoms with Gasteiger partial charge in [0.1, 0.15) is 0 Å². The molecule has 4 heteroatoms. The Balaban J connectivity index is 1.77. The van der Waals surface area contributed by atoms with Gasteiger partial charge in [0.05, 0.1) is 0 Å². The molecule has 104 valence electrons. The van der Waals surface area contributed by atoms with Crippen LogP contribution in [-0.2, 0) is 0 Å². The molecule has 0 spiro atoms. The third-order valence-corrected chi connectivity index (χ3v) is 3.81. The van der Waals surface area contributed by atoms with Gasteiger partial charge >= 0.3 is 6.03 Å². The largest absolute Gasteiger partial charge is 0.323 e. The van der Waals surface area contributed by atoms with Crippen molar-refractivity contribution < 1.29 is 4.79 Å². The molecular weight excluding hydrogens is 328 g/mol. The van der Waals surface area contributed by atoms with Gasteiger partial charge in [0.2, 0.25) is 0 Å². The number of benzene rings is 3. The zero-order valence-corrected chi connectivity index (χ0v) is 12.7. The first kappa shape index (κ1) is 13.6. The summed E-state index contributed by atoms with van der Waals surface area (Å²) in [4.78, 5) is 12.0. The van der Waals surface area contributed by atoms with E-state index in [2.05, 4.69) is 26.6 Å². The molecule has 3 aromatic carbocycles. The maximum atomic E-state index is 12.0. The Bertz CT molecular complexity index is 787. The molecule has 0 radical (unpaired) electrons. The van der Waals surface area contributed by atoms with Gasteiger partial charge in [0.25, 0.3) is 0 Å². The summed E-state index contributed by atoms with van der Waals surface area (Å²) in [5, 5.41) is 7.82. The van der Waals surface area contributed by atoms with Crippen LogP contribution in [0.25, 0.3) is 10.8 Å². The number of rotatable bonds is 2. The zero-order chi connectivity index (χ0) is 14.7. The first-order valence-corrected chi connectivity index (χ1v) is 7.33. The normalized spacial score (nSPS) is 10.3. The predicted molar refractivity (Wildman–Crippen MR) is 90.7 cm³/mol. The van der Waals surface area contributed by atoms with Crippen molar-refractivity contribution >= 4 is 44.1 Å². The van der Waals surface area contributed by atoms with Crippen molar-refractivity contribution in [1.29, 1.82) is 0 Å². The Hall–Kier alpha value is -2.33. The molecule has 0 saturated heterocycles. The summed E-state index contributed by atoms with van der Waals surface area (Å²) in [6, 6.07) is 20.9. The van der Waals surface area contributed by atoms with Gasteiger partial charge in [-0.1, -0.05) is 52.3 Å². The highest BCUT2D eigenvalue weighted by Crippen LogP contribution is 2.26. The summed E-state index contributed by atoms with van der Waals surface area (Å²) in [6.45, 7) is 0. The highest BCUT2D eigenvalue weighted by molar-refractivity contribution is 9.10. The molecule has 2 amide bonds. The average Bonchev–Trinajstić information content (AvgIpc) is 2.48. The van der Waals surface area contributed by atoms with E-state index in [0.29, 0.717) is 0 Å². The van der Waals surface area contributed by atoms with Gasteiger partial charge in [-0.05, 0) is 41.1 Å². The number of nitrogens with one attached hydrogen (secondary N) is 2. The number of halogens is 1. The lowest BCUT2D eigenvalue weighted by molar-refractivity contribution is 0.262. The van der Waals surface area contributed by atoms with E-state index in [1.807, 2.05) is 66.7 Å². The SMILES string of the molecule is O=C(Nc1ccccc1)Nc1ccc2c(Br)cccc2c1. The maximum Gasteiger partial charge on any atom is 0.323 e. The molecule has 0 fully saturated rings. The molecule has 0 aliphatic rings. The molecule has 21 heavy (non-hydrogen) atoms. The minimum atomic E-state index is -0.254. The van der Waals surface area contributed by atoms with Crippen LogP contribution in [0.15, 0.2) is 71.2 Å². The van der Waals surface area contributed by atoms with Crippen LogP contribution in [0.4, 0.5) is 16.2 Å². The number of fused-ring (bicyclic) bond motifs is 1. The Labute approximate surface area is 131 Å². The molecule has 0 atom stereocenters. The Morgan fingerprint density at radius 1 is 0.810 bits per heavy atom. The molecule has 3 aromatic rings. The van der Waals surface area contributed by atoms with Gasteiger partial charge in [-0.2, -0.15) is 0 Å². The van der Waals surface area contributed by atoms with Crippen LogP contribution in [0.5, 0.6) is 0 Å². The van der Waals surface area contributed by atoms with Crippen LogP contribution < -0.4 is 10.6 Å². The van der Waals surface area contributed by atoms with Crippen molar-refractivity contribution in [2.45, 2.75) is 0 Å². The molecule has 0 saturated carbocycles. The number of carbonyl (C=O) groups excluding carboxylic acids is 1.